The number of hydrogen-bond donors (Lipinski definition) is 1. The number of para-hydroxylation sites is 1. The first-order valence-electron chi connectivity index (χ1n) is 6.28. The van der Waals surface area contributed by atoms with Crippen LogP contribution in [0.4, 0.5) is 0 Å². The van der Waals surface area contributed by atoms with E-state index in [1.807, 2.05) is 31.2 Å². The van der Waals surface area contributed by atoms with Crippen LogP contribution in [0.25, 0.3) is 0 Å². The van der Waals surface area contributed by atoms with Gasteiger partial charge in [-0.15, -0.1) is 0 Å². The quantitative estimate of drug-likeness (QED) is 0.790. The Morgan fingerprint density at radius 1 is 1.35 bits per heavy atom. The minimum Gasteiger partial charge on any atom is -0.493 e. The third kappa shape index (κ3) is 3.72. The molecule has 3 nitrogen and oxygen atoms in total. The van der Waals surface area contributed by atoms with Crippen molar-refractivity contribution < 1.29 is 14.6 Å². The van der Waals surface area contributed by atoms with Gasteiger partial charge in [0.05, 0.1) is 13.2 Å². The molecule has 1 aromatic carbocycles. The van der Waals surface area contributed by atoms with Gasteiger partial charge in [-0.05, 0) is 31.7 Å². The molecule has 17 heavy (non-hydrogen) atoms. The molecule has 1 saturated carbocycles. The van der Waals surface area contributed by atoms with Crippen LogP contribution >= 0.6 is 0 Å². The van der Waals surface area contributed by atoms with Crippen LogP contribution in [0.2, 0.25) is 0 Å². The topological polar surface area (TPSA) is 38.7 Å². The summed E-state index contributed by atoms with van der Waals surface area (Å²) in [7, 11) is 0. The van der Waals surface area contributed by atoms with Crippen molar-refractivity contribution in [3.05, 3.63) is 29.8 Å². The Kier molecular flexibility index (Phi) is 4.40. The molecule has 0 aliphatic heterocycles. The lowest BCUT2D eigenvalue weighted by molar-refractivity contribution is 0.0301. The average molecular weight is 236 g/mol. The van der Waals surface area contributed by atoms with Gasteiger partial charge in [0.15, 0.2) is 0 Å². The molecular formula is C14H20O3. The van der Waals surface area contributed by atoms with E-state index in [4.69, 9.17) is 9.47 Å². The minimum atomic E-state index is -0.600. The molecule has 1 aromatic rings. The van der Waals surface area contributed by atoms with E-state index in [0.29, 0.717) is 13.2 Å². The first kappa shape index (κ1) is 12.4. The molecule has 0 amide bonds. The fraction of sp³-hybridized carbons (Fsp3) is 0.571. The first-order valence-corrected chi connectivity index (χ1v) is 6.28. The zero-order valence-electron chi connectivity index (χ0n) is 10.3. The number of aliphatic hydroxyl groups is 1. The fourth-order valence-electron chi connectivity index (χ4n) is 1.76. The van der Waals surface area contributed by atoms with Crippen LogP contribution in [0.1, 0.15) is 31.4 Å². The van der Waals surface area contributed by atoms with Crippen LogP contribution in [0, 0.1) is 5.92 Å². The van der Waals surface area contributed by atoms with Crippen molar-refractivity contribution in [2.45, 2.75) is 25.9 Å². The summed E-state index contributed by atoms with van der Waals surface area (Å²) in [5.74, 6) is 1.47. The van der Waals surface area contributed by atoms with Gasteiger partial charge in [-0.3, -0.25) is 0 Å². The summed E-state index contributed by atoms with van der Waals surface area (Å²) < 4.78 is 11.0. The molecule has 1 N–H and O–H groups in total. The second-order valence-electron chi connectivity index (χ2n) is 4.47. The maximum absolute atomic E-state index is 10.1. The van der Waals surface area contributed by atoms with Crippen LogP contribution in [0.3, 0.4) is 0 Å². The van der Waals surface area contributed by atoms with Gasteiger partial charge in [0, 0.05) is 12.2 Å². The number of aliphatic hydroxyl groups excluding tert-OH is 1. The lowest BCUT2D eigenvalue weighted by Crippen LogP contribution is -2.10. The number of ether oxygens (including phenoxy) is 2. The Hall–Kier alpha value is -1.06. The van der Waals surface area contributed by atoms with Gasteiger partial charge in [-0.25, -0.2) is 0 Å². The molecule has 0 heterocycles. The van der Waals surface area contributed by atoms with Gasteiger partial charge in [0.25, 0.3) is 0 Å². The van der Waals surface area contributed by atoms with Gasteiger partial charge in [0.1, 0.15) is 11.9 Å². The first-order chi connectivity index (χ1) is 8.31. The molecular weight excluding hydrogens is 216 g/mol. The van der Waals surface area contributed by atoms with Crippen LogP contribution in [-0.2, 0) is 4.74 Å². The van der Waals surface area contributed by atoms with Crippen molar-refractivity contribution >= 4 is 0 Å². The predicted octanol–water partition coefficient (Wildman–Crippen LogP) is 2.55. The molecule has 94 valence electrons. The maximum Gasteiger partial charge on any atom is 0.125 e. The molecule has 0 spiro atoms. The second-order valence-corrected chi connectivity index (χ2v) is 4.47. The molecule has 1 aliphatic rings. The van der Waals surface area contributed by atoms with Crippen molar-refractivity contribution in [2.75, 3.05) is 19.8 Å². The number of hydrogen-bond acceptors (Lipinski definition) is 3. The monoisotopic (exact) mass is 236 g/mol. The van der Waals surface area contributed by atoms with Crippen LogP contribution in [0.15, 0.2) is 24.3 Å². The molecule has 3 heteroatoms. The average Bonchev–Trinajstić information content (AvgIpc) is 3.14. The van der Waals surface area contributed by atoms with Gasteiger partial charge in [-0.1, -0.05) is 18.2 Å². The normalized spacial score (nSPS) is 16.8. The molecule has 0 saturated heterocycles. The van der Waals surface area contributed by atoms with E-state index in [2.05, 4.69) is 0 Å². The summed E-state index contributed by atoms with van der Waals surface area (Å²) in [6, 6.07) is 7.58. The second kappa shape index (κ2) is 6.03. The van der Waals surface area contributed by atoms with Crippen molar-refractivity contribution in [3.8, 4) is 5.75 Å². The van der Waals surface area contributed by atoms with Crippen molar-refractivity contribution in [1.29, 1.82) is 0 Å². The summed E-state index contributed by atoms with van der Waals surface area (Å²) in [6.07, 6.45) is 1.94. The predicted molar refractivity (Wildman–Crippen MR) is 66.1 cm³/mol. The Morgan fingerprint density at radius 3 is 2.82 bits per heavy atom. The summed E-state index contributed by atoms with van der Waals surface area (Å²) >= 11 is 0. The molecule has 1 aliphatic carbocycles. The molecule has 0 radical (unpaired) electrons. The highest BCUT2D eigenvalue weighted by Gasteiger charge is 2.22. The van der Waals surface area contributed by atoms with E-state index >= 15 is 0 Å². The highest BCUT2D eigenvalue weighted by molar-refractivity contribution is 5.35. The van der Waals surface area contributed by atoms with Gasteiger partial charge < -0.3 is 14.6 Å². The number of rotatable bonds is 7. The lowest BCUT2D eigenvalue weighted by atomic mass is 10.1. The Bertz CT molecular complexity index is 347. The van der Waals surface area contributed by atoms with E-state index in [-0.39, 0.29) is 0 Å². The van der Waals surface area contributed by atoms with Gasteiger partial charge in [0.2, 0.25) is 0 Å². The van der Waals surface area contributed by atoms with E-state index in [1.54, 1.807) is 0 Å². The zero-order chi connectivity index (χ0) is 12.1. The van der Waals surface area contributed by atoms with Crippen molar-refractivity contribution in [2.24, 2.45) is 5.92 Å². The fourth-order valence-corrected chi connectivity index (χ4v) is 1.76. The standard InChI is InChI=1S/C14H20O3/c1-2-17-14-6-4-3-5-12(14)13(15)10-16-9-11-7-8-11/h3-6,11,13,15H,2,7-10H2,1H3. The summed E-state index contributed by atoms with van der Waals surface area (Å²) in [5, 5.41) is 10.1. The summed E-state index contributed by atoms with van der Waals surface area (Å²) in [6.45, 7) is 3.66. The van der Waals surface area contributed by atoms with Gasteiger partial charge >= 0.3 is 0 Å². The van der Waals surface area contributed by atoms with Crippen molar-refractivity contribution in [3.63, 3.8) is 0 Å². The van der Waals surface area contributed by atoms with Crippen LogP contribution in [-0.4, -0.2) is 24.9 Å². The molecule has 2 rings (SSSR count). The molecule has 0 bridgehead atoms. The smallest absolute Gasteiger partial charge is 0.125 e. The van der Waals surface area contributed by atoms with E-state index in [1.165, 1.54) is 12.8 Å². The van der Waals surface area contributed by atoms with Crippen LogP contribution in [0.5, 0.6) is 5.75 Å². The highest BCUT2D eigenvalue weighted by atomic mass is 16.5. The van der Waals surface area contributed by atoms with E-state index in [9.17, 15) is 5.11 Å². The zero-order valence-corrected chi connectivity index (χ0v) is 10.3. The third-order valence-electron chi connectivity index (χ3n) is 2.90. The number of benzene rings is 1. The Labute approximate surface area is 102 Å². The maximum atomic E-state index is 10.1. The minimum absolute atomic E-state index is 0.348. The van der Waals surface area contributed by atoms with Crippen molar-refractivity contribution in [1.82, 2.24) is 0 Å². The lowest BCUT2D eigenvalue weighted by Gasteiger charge is -2.15. The SMILES string of the molecule is CCOc1ccccc1C(O)COCC1CC1. The van der Waals surface area contributed by atoms with Crippen LogP contribution < -0.4 is 4.74 Å². The van der Waals surface area contributed by atoms with E-state index < -0.39 is 6.10 Å². The summed E-state index contributed by atoms with van der Waals surface area (Å²) in [4.78, 5) is 0. The largest absolute Gasteiger partial charge is 0.493 e. The highest BCUT2D eigenvalue weighted by Crippen LogP contribution is 2.30. The summed E-state index contributed by atoms with van der Waals surface area (Å²) in [5.41, 5.74) is 0.810. The Morgan fingerprint density at radius 2 is 2.12 bits per heavy atom. The molecule has 0 aromatic heterocycles. The molecule has 1 fully saturated rings. The molecule has 1 atom stereocenters. The Balaban J connectivity index is 1.89. The molecule has 1 unspecified atom stereocenters. The third-order valence-corrected chi connectivity index (χ3v) is 2.90. The van der Waals surface area contributed by atoms with E-state index in [0.717, 1.165) is 23.8 Å². The van der Waals surface area contributed by atoms with Gasteiger partial charge in [-0.2, -0.15) is 0 Å².